The van der Waals surface area contributed by atoms with E-state index in [1.54, 1.807) is 6.20 Å². The molecule has 0 aliphatic heterocycles. The van der Waals surface area contributed by atoms with Crippen molar-refractivity contribution in [2.45, 2.75) is 19.3 Å². The molecule has 3 rings (SSSR count). The van der Waals surface area contributed by atoms with Gasteiger partial charge in [-0.1, -0.05) is 6.07 Å². The fourth-order valence-corrected chi connectivity index (χ4v) is 2.25. The van der Waals surface area contributed by atoms with Gasteiger partial charge in [-0.2, -0.15) is 0 Å². The minimum Gasteiger partial charge on any atom is -0.307 e. The predicted octanol–water partition coefficient (Wildman–Crippen LogP) is 2.92. The molecule has 3 aromatic rings. The monoisotopic (exact) mass is 272 g/mol. The van der Waals surface area contributed by atoms with Crippen molar-refractivity contribution in [1.82, 2.24) is 19.5 Å². The van der Waals surface area contributed by atoms with Gasteiger partial charge in [0, 0.05) is 18.1 Å². The Morgan fingerprint density at radius 2 is 2.11 bits per heavy atom. The summed E-state index contributed by atoms with van der Waals surface area (Å²) in [6.07, 6.45) is 3.65. The van der Waals surface area contributed by atoms with E-state index < -0.39 is 0 Å². The Morgan fingerprint density at radius 3 is 2.84 bits per heavy atom. The topological polar surface area (TPSA) is 43.6 Å². The van der Waals surface area contributed by atoms with Crippen LogP contribution in [-0.4, -0.2) is 19.5 Å². The van der Waals surface area contributed by atoms with Gasteiger partial charge in [-0.15, -0.1) is 11.6 Å². The van der Waals surface area contributed by atoms with Gasteiger partial charge in [0.1, 0.15) is 11.3 Å². The summed E-state index contributed by atoms with van der Waals surface area (Å²) in [5, 5.41) is 0. The van der Waals surface area contributed by atoms with E-state index in [1.807, 2.05) is 35.9 Å². The molecule has 0 atom stereocenters. The van der Waals surface area contributed by atoms with Crippen molar-refractivity contribution >= 4 is 22.8 Å². The van der Waals surface area contributed by atoms with Gasteiger partial charge in [-0.05, 0) is 30.7 Å². The first kappa shape index (κ1) is 12.1. The Morgan fingerprint density at radius 1 is 1.21 bits per heavy atom. The normalized spacial score (nSPS) is 11.1. The summed E-state index contributed by atoms with van der Waals surface area (Å²) < 4.78 is 2.04. The molecule has 0 amide bonds. The van der Waals surface area contributed by atoms with Crippen LogP contribution >= 0.6 is 11.6 Å². The minimum absolute atomic E-state index is 0.371. The third-order valence-electron chi connectivity index (χ3n) is 3.02. The molecule has 0 aliphatic carbocycles. The zero-order chi connectivity index (χ0) is 13.2. The lowest BCUT2D eigenvalue weighted by Gasteiger charge is -2.07. The molecule has 3 heterocycles. The van der Waals surface area contributed by atoms with Crippen LogP contribution in [-0.2, 0) is 12.4 Å². The highest BCUT2D eigenvalue weighted by Crippen LogP contribution is 2.17. The number of alkyl halides is 1. The van der Waals surface area contributed by atoms with E-state index in [-0.39, 0.29) is 0 Å². The summed E-state index contributed by atoms with van der Waals surface area (Å²) in [6, 6.07) is 7.89. The number of hydrogen-bond acceptors (Lipinski definition) is 3. The molecule has 5 heteroatoms. The van der Waals surface area contributed by atoms with Gasteiger partial charge in [-0.25, -0.2) is 9.97 Å². The quantitative estimate of drug-likeness (QED) is 0.689. The molecule has 0 fully saturated rings. The number of fused-ring (bicyclic) bond motifs is 1. The number of imidazole rings is 1. The Hall–Kier alpha value is -1.94. The summed E-state index contributed by atoms with van der Waals surface area (Å²) in [6.45, 7) is 2.66. The molecular weight excluding hydrogens is 260 g/mol. The summed E-state index contributed by atoms with van der Waals surface area (Å²) in [4.78, 5) is 13.2. The van der Waals surface area contributed by atoms with Gasteiger partial charge < -0.3 is 4.57 Å². The first-order valence-corrected chi connectivity index (χ1v) is 6.59. The molecule has 0 radical (unpaired) electrons. The van der Waals surface area contributed by atoms with Crippen molar-refractivity contribution in [3.63, 3.8) is 0 Å². The number of pyridine rings is 2. The Balaban J connectivity index is 2.06. The van der Waals surface area contributed by atoms with Crippen LogP contribution in [0.5, 0.6) is 0 Å². The van der Waals surface area contributed by atoms with Crippen LogP contribution in [0, 0.1) is 6.92 Å². The summed E-state index contributed by atoms with van der Waals surface area (Å²) in [7, 11) is 0. The lowest BCUT2D eigenvalue weighted by molar-refractivity contribution is 0.766. The highest BCUT2D eigenvalue weighted by atomic mass is 35.5. The van der Waals surface area contributed by atoms with Crippen LogP contribution in [0.25, 0.3) is 11.2 Å². The highest BCUT2D eigenvalue weighted by Gasteiger charge is 2.10. The maximum absolute atomic E-state index is 5.97. The summed E-state index contributed by atoms with van der Waals surface area (Å²) >= 11 is 5.97. The van der Waals surface area contributed by atoms with E-state index in [1.165, 1.54) is 0 Å². The van der Waals surface area contributed by atoms with Gasteiger partial charge >= 0.3 is 0 Å². The molecule has 4 nitrogen and oxygen atoms in total. The number of hydrogen-bond donors (Lipinski definition) is 0. The standard InChI is InChI=1S/C14H13ClN4/c1-10-4-5-11(8-17-10)9-19-13(7-15)18-12-3-2-6-16-14(12)19/h2-6,8H,7,9H2,1H3. The first-order chi connectivity index (χ1) is 9.28. The number of nitrogens with zero attached hydrogens (tertiary/aromatic N) is 4. The molecule has 0 bridgehead atoms. The van der Waals surface area contributed by atoms with Crippen molar-refractivity contribution in [3.8, 4) is 0 Å². The number of halogens is 1. The summed E-state index contributed by atoms with van der Waals surface area (Å²) in [5.74, 6) is 1.20. The van der Waals surface area contributed by atoms with Crippen LogP contribution in [0.15, 0.2) is 36.7 Å². The van der Waals surface area contributed by atoms with Gasteiger partial charge in [0.15, 0.2) is 5.65 Å². The van der Waals surface area contributed by atoms with Gasteiger partial charge in [0.05, 0.1) is 12.4 Å². The van der Waals surface area contributed by atoms with Gasteiger partial charge in [-0.3, -0.25) is 4.98 Å². The zero-order valence-electron chi connectivity index (χ0n) is 10.5. The second kappa shape index (κ2) is 4.97. The molecule has 0 spiro atoms. The molecule has 0 aromatic carbocycles. The molecule has 0 N–H and O–H groups in total. The smallest absolute Gasteiger partial charge is 0.160 e. The van der Waals surface area contributed by atoms with Crippen molar-refractivity contribution in [3.05, 3.63) is 53.7 Å². The number of aromatic nitrogens is 4. The van der Waals surface area contributed by atoms with Crippen LogP contribution in [0.1, 0.15) is 17.1 Å². The van der Waals surface area contributed by atoms with E-state index in [9.17, 15) is 0 Å². The maximum atomic E-state index is 5.97. The van der Waals surface area contributed by atoms with Crippen molar-refractivity contribution in [2.75, 3.05) is 0 Å². The van der Waals surface area contributed by atoms with Gasteiger partial charge in [0.2, 0.25) is 0 Å². The minimum atomic E-state index is 0.371. The van der Waals surface area contributed by atoms with Crippen molar-refractivity contribution in [2.24, 2.45) is 0 Å². The van der Waals surface area contributed by atoms with Crippen molar-refractivity contribution in [1.29, 1.82) is 0 Å². The van der Waals surface area contributed by atoms with Crippen LogP contribution in [0.2, 0.25) is 0 Å². The fourth-order valence-electron chi connectivity index (χ4n) is 2.05. The number of aryl methyl sites for hydroxylation is 1. The molecule has 0 saturated carbocycles. The first-order valence-electron chi connectivity index (χ1n) is 6.05. The molecule has 19 heavy (non-hydrogen) atoms. The fraction of sp³-hybridized carbons (Fsp3) is 0.214. The lowest BCUT2D eigenvalue weighted by atomic mass is 10.2. The second-order valence-electron chi connectivity index (χ2n) is 4.40. The average Bonchev–Trinajstić information content (AvgIpc) is 2.79. The third-order valence-corrected chi connectivity index (χ3v) is 3.25. The largest absolute Gasteiger partial charge is 0.307 e. The Kier molecular flexibility index (Phi) is 3.17. The highest BCUT2D eigenvalue weighted by molar-refractivity contribution is 6.16. The van der Waals surface area contributed by atoms with Gasteiger partial charge in [0.25, 0.3) is 0 Å². The molecule has 3 aromatic heterocycles. The van der Waals surface area contributed by atoms with E-state index in [4.69, 9.17) is 11.6 Å². The zero-order valence-corrected chi connectivity index (χ0v) is 11.3. The third kappa shape index (κ3) is 2.31. The van der Waals surface area contributed by atoms with Crippen LogP contribution in [0.4, 0.5) is 0 Å². The molecule has 0 aliphatic rings. The Bertz CT molecular complexity index is 703. The van der Waals surface area contributed by atoms with E-state index in [2.05, 4.69) is 21.0 Å². The van der Waals surface area contributed by atoms with Crippen LogP contribution in [0.3, 0.4) is 0 Å². The van der Waals surface area contributed by atoms with Crippen LogP contribution < -0.4 is 0 Å². The predicted molar refractivity (Wildman–Crippen MR) is 75.2 cm³/mol. The maximum Gasteiger partial charge on any atom is 0.160 e. The molecule has 0 saturated heterocycles. The van der Waals surface area contributed by atoms with E-state index in [0.29, 0.717) is 12.4 Å². The Labute approximate surface area is 116 Å². The lowest BCUT2D eigenvalue weighted by Crippen LogP contribution is -2.05. The molecule has 96 valence electrons. The van der Waals surface area contributed by atoms with E-state index in [0.717, 1.165) is 28.2 Å². The molecular formula is C14H13ClN4. The second-order valence-corrected chi connectivity index (χ2v) is 4.67. The van der Waals surface area contributed by atoms with E-state index >= 15 is 0 Å². The SMILES string of the molecule is Cc1ccc(Cn2c(CCl)nc3cccnc32)cn1. The number of rotatable bonds is 3. The van der Waals surface area contributed by atoms with Crippen molar-refractivity contribution < 1.29 is 0 Å². The average molecular weight is 273 g/mol. The molecule has 0 unspecified atom stereocenters. The summed E-state index contributed by atoms with van der Waals surface area (Å²) in [5.41, 5.74) is 3.86.